The van der Waals surface area contributed by atoms with Gasteiger partial charge in [-0.05, 0) is 33.1 Å². The Kier molecular flexibility index (Phi) is 5.03. The van der Waals surface area contributed by atoms with Crippen LogP contribution in [0.4, 0.5) is 0 Å². The third-order valence-corrected chi connectivity index (χ3v) is 7.16. The first-order valence-corrected chi connectivity index (χ1v) is 10.1. The Hall–Kier alpha value is -1.44. The molecule has 0 radical (unpaired) electrons. The molecule has 7 nitrogen and oxygen atoms in total. The number of rotatable bonds is 2. The molecule has 4 rings (SSSR count). The van der Waals surface area contributed by atoms with E-state index in [2.05, 4.69) is 4.90 Å². The molecule has 150 valence electrons. The Morgan fingerprint density at radius 1 is 1.15 bits per heavy atom. The van der Waals surface area contributed by atoms with Gasteiger partial charge in [0.25, 0.3) is 5.91 Å². The molecule has 4 aliphatic heterocycles. The predicted molar refractivity (Wildman–Crippen MR) is 97.6 cm³/mol. The predicted octanol–water partition coefficient (Wildman–Crippen LogP) is 0.301. The van der Waals surface area contributed by atoms with Crippen LogP contribution < -0.4 is 0 Å². The summed E-state index contributed by atoms with van der Waals surface area (Å²) in [4.78, 5) is 28.8. The summed E-state index contributed by atoms with van der Waals surface area (Å²) >= 11 is 0. The number of carbonyl (C=O) groups is 2. The van der Waals surface area contributed by atoms with Crippen molar-refractivity contribution in [3.05, 3.63) is 11.6 Å². The summed E-state index contributed by atoms with van der Waals surface area (Å²) in [5.41, 5.74) is 0.606. The fourth-order valence-electron chi connectivity index (χ4n) is 5.52. The summed E-state index contributed by atoms with van der Waals surface area (Å²) in [7, 11) is 0. The molecule has 0 saturated carbocycles. The lowest BCUT2D eigenvalue weighted by atomic mass is 9.68. The molecule has 27 heavy (non-hydrogen) atoms. The Bertz CT molecular complexity index is 650. The van der Waals surface area contributed by atoms with Crippen molar-refractivity contribution in [2.45, 2.75) is 69.9 Å². The molecule has 2 bridgehead atoms. The van der Waals surface area contributed by atoms with E-state index < -0.39 is 12.2 Å². The number of amides is 1. The largest absolute Gasteiger partial charge is 0.459 e. The molecule has 0 aromatic rings. The zero-order valence-corrected chi connectivity index (χ0v) is 16.1. The highest BCUT2D eigenvalue weighted by atomic mass is 16.5. The van der Waals surface area contributed by atoms with Gasteiger partial charge >= 0.3 is 5.97 Å². The number of fused-ring (bicyclic) bond motifs is 6. The molecule has 2 N–H and O–H groups in total. The fourth-order valence-corrected chi connectivity index (χ4v) is 5.52. The minimum Gasteiger partial charge on any atom is -0.459 e. The summed E-state index contributed by atoms with van der Waals surface area (Å²) in [6.45, 7) is 5.66. The maximum absolute atomic E-state index is 12.5. The average molecular weight is 378 g/mol. The third kappa shape index (κ3) is 3.19. The van der Waals surface area contributed by atoms with Crippen molar-refractivity contribution in [2.24, 2.45) is 11.8 Å². The summed E-state index contributed by atoms with van der Waals surface area (Å²) in [6, 6.07) is 0.127. The number of carbonyl (C=O) groups excluding carboxylic acids is 2. The van der Waals surface area contributed by atoms with Gasteiger partial charge in [0, 0.05) is 55.5 Å². The minimum absolute atomic E-state index is 0.0287. The van der Waals surface area contributed by atoms with Crippen LogP contribution in [0.5, 0.6) is 0 Å². The number of piperidine rings is 4. The molecular weight excluding hydrogens is 348 g/mol. The first kappa shape index (κ1) is 18.9. The Morgan fingerprint density at radius 2 is 1.89 bits per heavy atom. The first-order chi connectivity index (χ1) is 12.9. The second kappa shape index (κ2) is 7.18. The summed E-state index contributed by atoms with van der Waals surface area (Å²) in [5.74, 6) is -0.480. The second-order valence-corrected chi connectivity index (χ2v) is 8.56. The van der Waals surface area contributed by atoms with E-state index in [0.717, 1.165) is 25.9 Å². The highest BCUT2D eigenvalue weighted by Crippen LogP contribution is 2.43. The van der Waals surface area contributed by atoms with Crippen LogP contribution in [0, 0.1) is 11.8 Å². The Morgan fingerprint density at radius 3 is 2.63 bits per heavy atom. The number of hydrogen-bond donors (Lipinski definition) is 2. The standard InChI is InChI=1S/C20H30N2O5/c1-3-11(2)20(26)27-12-6-7-21-9-13-15-4-5-17(23)19(25)22(15)10-14(18(13)24)16(21)8-12/h3,12-18,23-24H,4-10H2,1-2H3/b11-3-/t12-,13-,14-,15+,16-,17-,18-/m0/s1. The van der Waals surface area contributed by atoms with E-state index in [1.807, 2.05) is 11.8 Å². The molecule has 1 amide bonds. The number of ether oxygens (including phenoxy) is 1. The monoisotopic (exact) mass is 378 g/mol. The van der Waals surface area contributed by atoms with E-state index in [9.17, 15) is 19.8 Å². The lowest BCUT2D eigenvalue weighted by molar-refractivity contribution is -0.183. The number of allylic oxidation sites excluding steroid dienone is 1. The molecule has 0 unspecified atom stereocenters. The molecule has 7 heteroatoms. The molecule has 7 atom stereocenters. The van der Waals surface area contributed by atoms with Crippen LogP contribution in [0.1, 0.15) is 39.5 Å². The van der Waals surface area contributed by atoms with Gasteiger partial charge in [-0.1, -0.05) is 6.08 Å². The average Bonchev–Trinajstić information content (AvgIpc) is 2.65. The van der Waals surface area contributed by atoms with Crippen LogP contribution >= 0.6 is 0 Å². The van der Waals surface area contributed by atoms with Crippen molar-refractivity contribution < 1.29 is 24.5 Å². The van der Waals surface area contributed by atoms with Crippen molar-refractivity contribution in [1.82, 2.24) is 9.80 Å². The van der Waals surface area contributed by atoms with Crippen molar-refractivity contribution in [3.63, 3.8) is 0 Å². The lowest BCUT2D eigenvalue weighted by Gasteiger charge is -2.59. The summed E-state index contributed by atoms with van der Waals surface area (Å²) < 4.78 is 5.67. The van der Waals surface area contributed by atoms with Gasteiger partial charge in [0.1, 0.15) is 12.2 Å². The van der Waals surface area contributed by atoms with Gasteiger partial charge in [-0.25, -0.2) is 4.79 Å². The van der Waals surface area contributed by atoms with Gasteiger partial charge < -0.3 is 19.8 Å². The second-order valence-electron chi connectivity index (χ2n) is 8.56. The molecule has 4 saturated heterocycles. The van der Waals surface area contributed by atoms with Gasteiger partial charge in [-0.2, -0.15) is 0 Å². The van der Waals surface area contributed by atoms with E-state index in [1.54, 1.807) is 13.0 Å². The smallest absolute Gasteiger partial charge is 0.333 e. The molecule has 0 aromatic heterocycles. The van der Waals surface area contributed by atoms with Gasteiger partial charge in [0.2, 0.25) is 0 Å². The zero-order chi connectivity index (χ0) is 19.3. The van der Waals surface area contributed by atoms with Crippen LogP contribution in [-0.4, -0.2) is 81.9 Å². The zero-order valence-electron chi connectivity index (χ0n) is 16.1. The Labute approximate surface area is 160 Å². The normalized spacial score (nSPS) is 42.4. The van der Waals surface area contributed by atoms with E-state index in [4.69, 9.17) is 4.74 Å². The number of aliphatic hydroxyl groups excluding tert-OH is 2. The molecule has 4 fully saturated rings. The van der Waals surface area contributed by atoms with Crippen molar-refractivity contribution in [2.75, 3.05) is 19.6 Å². The van der Waals surface area contributed by atoms with E-state index >= 15 is 0 Å². The van der Waals surface area contributed by atoms with Gasteiger partial charge in [0.15, 0.2) is 0 Å². The quantitative estimate of drug-likeness (QED) is 0.531. The van der Waals surface area contributed by atoms with Crippen LogP contribution in [-0.2, 0) is 14.3 Å². The Balaban J connectivity index is 1.50. The molecule has 4 aliphatic rings. The van der Waals surface area contributed by atoms with E-state index in [0.29, 0.717) is 25.0 Å². The lowest BCUT2D eigenvalue weighted by Crippen LogP contribution is -2.71. The molecule has 4 heterocycles. The van der Waals surface area contributed by atoms with Crippen molar-refractivity contribution in [3.8, 4) is 0 Å². The minimum atomic E-state index is -0.905. The van der Waals surface area contributed by atoms with Crippen LogP contribution in [0.2, 0.25) is 0 Å². The van der Waals surface area contributed by atoms with Gasteiger partial charge in [-0.15, -0.1) is 0 Å². The first-order valence-electron chi connectivity index (χ1n) is 10.1. The van der Waals surface area contributed by atoms with Crippen LogP contribution in [0.15, 0.2) is 11.6 Å². The molecular formula is C20H30N2O5. The molecule has 0 aliphatic carbocycles. The van der Waals surface area contributed by atoms with E-state index in [1.165, 1.54) is 0 Å². The van der Waals surface area contributed by atoms with Gasteiger partial charge in [-0.3, -0.25) is 9.69 Å². The van der Waals surface area contributed by atoms with E-state index in [-0.39, 0.29) is 41.9 Å². The maximum atomic E-state index is 12.5. The number of hydrogen-bond acceptors (Lipinski definition) is 6. The highest BCUT2D eigenvalue weighted by molar-refractivity contribution is 5.87. The van der Waals surface area contributed by atoms with Crippen molar-refractivity contribution in [1.29, 1.82) is 0 Å². The highest BCUT2D eigenvalue weighted by Gasteiger charge is 2.55. The summed E-state index contributed by atoms with van der Waals surface area (Å²) in [5, 5.41) is 20.9. The SMILES string of the molecule is C/C=C(/C)C(=O)O[C@H]1CCN2C[C@@H]3[C@H](O)[C@@H](CN4C(=O)[C@@H](O)CC[C@H]34)[C@@H]2C1. The molecule has 0 aromatic carbocycles. The third-order valence-electron chi connectivity index (χ3n) is 7.16. The number of esters is 1. The van der Waals surface area contributed by atoms with Crippen molar-refractivity contribution >= 4 is 11.9 Å². The topological polar surface area (TPSA) is 90.3 Å². The maximum Gasteiger partial charge on any atom is 0.333 e. The van der Waals surface area contributed by atoms with Crippen LogP contribution in [0.25, 0.3) is 0 Å². The fraction of sp³-hybridized carbons (Fsp3) is 0.800. The van der Waals surface area contributed by atoms with Crippen LogP contribution in [0.3, 0.4) is 0 Å². The van der Waals surface area contributed by atoms with Gasteiger partial charge in [0.05, 0.1) is 6.10 Å². The number of nitrogens with zero attached hydrogens (tertiary/aromatic N) is 2. The number of aliphatic hydroxyl groups is 2. The summed E-state index contributed by atoms with van der Waals surface area (Å²) in [6.07, 6.45) is 2.98. The molecule has 0 spiro atoms.